The maximum absolute atomic E-state index is 12.7. The van der Waals surface area contributed by atoms with Crippen molar-refractivity contribution in [3.8, 4) is 5.75 Å². The van der Waals surface area contributed by atoms with Gasteiger partial charge in [-0.3, -0.25) is 0 Å². The van der Waals surface area contributed by atoms with Crippen LogP contribution >= 0.6 is 11.6 Å². The van der Waals surface area contributed by atoms with Crippen LogP contribution in [0, 0.1) is 0 Å². The van der Waals surface area contributed by atoms with Gasteiger partial charge in [0.25, 0.3) is 0 Å². The maximum Gasteiger partial charge on any atom is 0.422 e. The molecule has 276 valence electrons. The van der Waals surface area contributed by atoms with Crippen molar-refractivity contribution in [2.24, 2.45) is 0 Å². The minimum Gasteiger partial charge on any atom is -0.484 e. The first-order valence-electron chi connectivity index (χ1n) is 17.2. The molecule has 5 aromatic rings. The van der Waals surface area contributed by atoms with Crippen LogP contribution in [-0.2, 0) is 55.7 Å². The Morgan fingerprint density at radius 3 is 1.70 bits per heavy atom. The summed E-state index contributed by atoms with van der Waals surface area (Å²) in [6.07, 6.45) is -6.66. The lowest BCUT2D eigenvalue weighted by Gasteiger charge is -2.66. The van der Waals surface area contributed by atoms with Crippen molar-refractivity contribution in [3.63, 3.8) is 0 Å². The van der Waals surface area contributed by atoms with E-state index in [-0.39, 0.29) is 25.6 Å². The molecule has 0 amide bonds. The van der Waals surface area contributed by atoms with E-state index in [0.29, 0.717) is 22.6 Å². The van der Waals surface area contributed by atoms with E-state index in [9.17, 15) is 18.3 Å². The quantitative estimate of drug-likeness (QED) is 0.115. The van der Waals surface area contributed by atoms with Gasteiger partial charge in [-0.1, -0.05) is 121 Å². The van der Waals surface area contributed by atoms with Crippen molar-refractivity contribution in [3.05, 3.63) is 172 Å². The van der Waals surface area contributed by atoms with E-state index >= 15 is 0 Å². The molecule has 5 aromatic carbocycles. The van der Waals surface area contributed by atoms with E-state index in [4.69, 9.17) is 40.0 Å². The third-order valence-electron chi connectivity index (χ3n) is 9.27. The summed E-state index contributed by atoms with van der Waals surface area (Å²) in [6, 6.07) is 40.8. The van der Waals surface area contributed by atoms with Crippen LogP contribution in [0.3, 0.4) is 0 Å². The number of aliphatic hydroxyl groups excluding tert-OH is 1. The number of halogens is 4. The first kappa shape index (κ1) is 37.1. The number of ether oxygens (including phenoxy) is 6. The molecular weight excluding hydrogens is 709 g/mol. The molecular formula is C42H38ClF3O7. The second-order valence-electron chi connectivity index (χ2n) is 13.1. The SMILES string of the molecule is OCC12OC(c3ccc(Cl)c(Cc4ccc(OCC(F)(F)F)cc4)c3)(O1)[C@H](OCc1ccccc1)[C@@H](OCc1ccccc1)[C@@H]2OCc1ccccc1. The highest BCUT2D eigenvalue weighted by molar-refractivity contribution is 6.31. The zero-order chi connectivity index (χ0) is 36.9. The summed E-state index contributed by atoms with van der Waals surface area (Å²) >= 11 is 6.73. The van der Waals surface area contributed by atoms with Crippen molar-refractivity contribution in [1.82, 2.24) is 0 Å². The highest BCUT2D eigenvalue weighted by atomic mass is 35.5. The molecule has 53 heavy (non-hydrogen) atoms. The monoisotopic (exact) mass is 746 g/mol. The average Bonchev–Trinajstić information content (AvgIpc) is 3.16. The summed E-state index contributed by atoms with van der Waals surface area (Å²) in [5.74, 6) is -3.00. The molecule has 2 bridgehead atoms. The van der Waals surface area contributed by atoms with E-state index in [1.807, 2.05) is 97.1 Å². The Labute approximate surface area is 310 Å². The standard InChI is InChI=1S/C42H38ClF3O7/c43-36-21-18-34(23-33(36)22-29-16-19-35(20-17-29)51-28-41(44,45)46)42-39(50-26-32-14-8-3-9-15-32)37(48-24-30-10-4-1-5-11-30)38(40(27-47,52-42)53-42)49-25-31-12-6-2-7-13-31/h1-21,23,37-39,47H,22,24-28H2/t37-,38-,39+,40?,42?/m0/s1. The second kappa shape index (κ2) is 16.0. The lowest BCUT2D eigenvalue weighted by Crippen LogP contribution is -2.82. The molecule has 3 aliphatic heterocycles. The predicted molar refractivity (Wildman–Crippen MR) is 191 cm³/mol. The third kappa shape index (κ3) is 8.45. The van der Waals surface area contributed by atoms with E-state index in [2.05, 4.69) is 0 Å². The minimum atomic E-state index is -4.44. The lowest BCUT2D eigenvalue weighted by molar-refractivity contribution is -0.597. The van der Waals surface area contributed by atoms with E-state index < -0.39 is 49.3 Å². The topological polar surface area (TPSA) is 75.6 Å². The van der Waals surface area contributed by atoms with Gasteiger partial charge in [0.05, 0.1) is 19.8 Å². The molecule has 11 heteroatoms. The Kier molecular flexibility index (Phi) is 11.2. The van der Waals surface area contributed by atoms with Crippen LogP contribution in [0.25, 0.3) is 0 Å². The Morgan fingerprint density at radius 2 is 1.17 bits per heavy atom. The van der Waals surface area contributed by atoms with Gasteiger partial charge in [0, 0.05) is 10.6 Å². The molecule has 0 aliphatic carbocycles. The fraction of sp³-hybridized carbons (Fsp3) is 0.286. The molecule has 3 atom stereocenters. The van der Waals surface area contributed by atoms with Gasteiger partial charge in [-0.05, 0) is 58.5 Å². The van der Waals surface area contributed by atoms with Crippen LogP contribution in [0.1, 0.15) is 33.4 Å². The van der Waals surface area contributed by atoms with Crippen LogP contribution in [0.4, 0.5) is 13.2 Å². The highest BCUT2D eigenvalue weighted by Crippen LogP contribution is 2.58. The zero-order valence-corrected chi connectivity index (χ0v) is 29.3. The summed E-state index contributed by atoms with van der Waals surface area (Å²) in [4.78, 5) is 0. The summed E-state index contributed by atoms with van der Waals surface area (Å²) in [5, 5.41) is 11.4. The van der Waals surface area contributed by atoms with Gasteiger partial charge in [0.2, 0.25) is 11.6 Å². The molecule has 3 fully saturated rings. The van der Waals surface area contributed by atoms with E-state index in [0.717, 1.165) is 22.3 Å². The van der Waals surface area contributed by atoms with E-state index in [1.54, 1.807) is 24.3 Å². The molecule has 7 nitrogen and oxygen atoms in total. The molecule has 0 radical (unpaired) electrons. The van der Waals surface area contributed by atoms with Crippen molar-refractivity contribution in [2.45, 2.75) is 62.3 Å². The molecule has 0 spiro atoms. The van der Waals surface area contributed by atoms with Crippen LogP contribution in [0.5, 0.6) is 5.75 Å². The van der Waals surface area contributed by atoms with Gasteiger partial charge in [-0.15, -0.1) is 0 Å². The van der Waals surface area contributed by atoms with Crippen molar-refractivity contribution >= 4 is 11.6 Å². The summed E-state index contributed by atoms with van der Waals surface area (Å²) in [6.45, 7) is -1.26. The fourth-order valence-electron chi connectivity index (χ4n) is 6.72. The third-order valence-corrected chi connectivity index (χ3v) is 9.64. The Bertz CT molecular complexity index is 1920. The molecule has 1 N–H and O–H groups in total. The second-order valence-corrected chi connectivity index (χ2v) is 13.5. The van der Waals surface area contributed by atoms with Crippen LogP contribution < -0.4 is 4.74 Å². The van der Waals surface area contributed by atoms with Crippen molar-refractivity contribution in [1.29, 1.82) is 0 Å². The van der Waals surface area contributed by atoms with Crippen molar-refractivity contribution in [2.75, 3.05) is 13.2 Å². The summed E-state index contributed by atoms with van der Waals surface area (Å²) in [7, 11) is 0. The smallest absolute Gasteiger partial charge is 0.422 e. The van der Waals surface area contributed by atoms with E-state index in [1.165, 1.54) is 12.1 Å². The minimum absolute atomic E-state index is 0.104. The van der Waals surface area contributed by atoms with Crippen LogP contribution in [0.15, 0.2) is 133 Å². The number of benzene rings is 5. The molecule has 8 rings (SSSR count). The molecule has 3 saturated heterocycles. The van der Waals surface area contributed by atoms with Gasteiger partial charge in [0.1, 0.15) is 30.7 Å². The van der Waals surface area contributed by atoms with Crippen LogP contribution in [-0.4, -0.2) is 48.6 Å². The normalized spacial score (nSPS) is 23.7. The lowest BCUT2D eigenvalue weighted by atomic mass is 9.80. The molecule has 3 heterocycles. The highest BCUT2D eigenvalue weighted by Gasteiger charge is 2.75. The number of hydrogen-bond acceptors (Lipinski definition) is 7. The summed E-state index contributed by atoms with van der Waals surface area (Å²) in [5.41, 5.74) is 4.86. The number of rotatable bonds is 15. The number of alkyl halides is 3. The Morgan fingerprint density at radius 1 is 0.642 bits per heavy atom. The first-order valence-corrected chi connectivity index (χ1v) is 17.6. The maximum atomic E-state index is 12.7. The number of fused-ring (bicyclic) bond motifs is 2. The van der Waals surface area contributed by atoms with Crippen LogP contribution in [0.2, 0.25) is 5.02 Å². The predicted octanol–water partition coefficient (Wildman–Crippen LogP) is 8.53. The largest absolute Gasteiger partial charge is 0.484 e. The van der Waals surface area contributed by atoms with Gasteiger partial charge in [-0.25, -0.2) is 0 Å². The zero-order valence-electron chi connectivity index (χ0n) is 28.6. The summed E-state index contributed by atoms with van der Waals surface area (Å²) < 4.78 is 76.3. The van der Waals surface area contributed by atoms with Gasteiger partial charge >= 0.3 is 6.18 Å². The molecule has 0 aromatic heterocycles. The fourth-order valence-corrected chi connectivity index (χ4v) is 6.90. The Balaban J connectivity index is 1.23. The number of hydrogen-bond donors (Lipinski definition) is 1. The van der Waals surface area contributed by atoms with Gasteiger partial charge in [-0.2, -0.15) is 13.2 Å². The average molecular weight is 747 g/mol. The number of aliphatic hydroxyl groups is 1. The van der Waals surface area contributed by atoms with Gasteiger partial charge in [0.15, 0.2) is 6.61 Å². The Hall–Kier alpha value is -4.26. The van der Waals surface area contributed by atoms with Gasteiger partial charge < -0.3 is 33.5 Å². The first-order chi connectivity index (χ1) is 25.7. The molecule has 3 aliphatic rings. The van der Waals surface area contributed by atoms with Crippen molar-refractivity contribution < 1.29 is 46.7 Å². The molecule has 0 saturated carbocycles. The molecule has 0 unspecified atom stereocenters.